The molecule has 6 heteroatoms. The van der Waals surface area contributed by atoms with Gasteiger partial charge in [0.15, 0.2) is 0 Å². The zero-order valence-electron chi connectivity index (χ0n) is 13.6. The Morgan fingerprint density at radius 2 is 1.96 bits per heavy atom. The molecule has 0 saturated carbocycles. The Morgan fingerprint density at radius 1 is 1.17 bits per heavy atom. The van der Waals surface area contributed by atoms with Crippen LogP contribution in [0.2, 0.25) is 0 Å². The van der Waals surface area contributed by atoms with Crippen LogP contribution in [0, 0.1) is 13.8 Å². The van der Waals surface area contributed by atoms with E-state index in [0.29, 0.717) is 16.9 Å². The first-order valence-electron chi connectivity index (χ1n) is 7.44. The van der Waals surface area contributed by atoms with Gasteiger partial charge in [-0.3, -0.25) is 9.78 Å². The van der Waals surface area contributed by atoms with Crippen molar-refractivity contribution in [1.29, 1.82) is 0 Å². The fourth-order valence-corrected chi connectivity index (χ4v) is 2.51. The van der Waals surface area contributed by atoms with Crippen molar-refractivity contribution in [2.75, 3.05) is 12.4 Å². The number of fused-ring (bicyclic) bond motifs is 1. The van der Waals surface area contributed by atoms with Gasteiger partial charge in [-0.25, -0.2) is 4.79 Å². The number of aromatic nitrogens is 2. The van der Waals surface area contributed by atoms with Gasteiger partial charge in [0, 0.05) is 11.6 Å². The summed E-state index contributed by atoms with van der Waals surface area (Å²) >= 11 is 0. The first-order chi connectivity index (χ1) is 11.5. The quantitative estimate of drug-likeness (QED) is 0.725. The van der Waals surface area contributed by atoms with Crippen LogP contribution in [-0.2, 0) is 4.74 Å². The Morgan fingerprint density at radius 3 is 2.71 bits per heavy atom. The Hall–Kier alpha value is -3.15. The van der Waals surface area contributed by atoms with Crippen molar-refractivity contribution in [1.82, 2.24) is 9.97 Å². The van der Waals surface area contributed by atoms with E-state index in [9.17, 15) is 9.59 Å². The summed E-state index contributed by atoms with van der Waals surface area (Å²) in [6.07, 6.45) is 1.54. The van der Waals surface area contributed by atoms with E-state index in [2.05, 4.69) is 20.0 Å². The number of benzene rings is 1. The predicted octanol–water partition coefficient (Wildman–Crippen LogP) is 3.22. The minimum absolute atomic E-state index is 0.275. The number of nitrogens with zero attached hydrogens (tertiary/aromatic N) is 1. The highest BCUT2D eigenvalue weighted by Crippen LogP contribution is 2.19. The van der Waals surface area contributed by atoms with Gasteiger partial charge in [-0.05, 0) is 38.1 Å². The second kappa shape index (κ2) is 6.16. The van der Waals surface area contributed by atoms with Gasteiger partial charge < -0.3 is 15.0 Å². The number of esters is 1. The summed E-state index contributed by atoms with van der Waals surface area (Å²) < 4.78 is 4.62. The summed E-state index contributed by atoms with van der Waals surface area (Å²) in [7, 11) is 1.30. The van der Waals surface area contributed by atoms with E-state index in [-0.39, 0.29) is 11.6 Å². The van der Waals surface area contributed by atoms with Gasteiger partial charge in [-0.1, -0.05) is 11.6 Å². The van der Waals surface area contributed by atoms with Gasteiger partial charge in [-0.15, -0.1) is 0 Å². The fraction of sp³-hybridized carbons (Fsp3) is 0.167. The van der Waals surface area contributed by atoms with Gasteiger partial charge in [0.1, 0.15) is 5.69 Å². The highest BCUT2D eigenvalue weighted by molar-refractivity contribution is 6.07. The van der Waals surface area contributed by atoms with Crippen LogP contribution in [-0.4, -0.2) is 29.0 Å². The number of hydrogen-bond donors (Lipinski definition) is 2. The molecule has 6 nitrogen and oxygen atoms in total. The number of hydrogen-bond acceptors (Lipinski definition) is 4. The molecule has 0 fully saturated rings. The lowest BCUT2D eigenvalue weighted by molar-refractivity contribution is 0.0594. The molecule has 24 heavy (non-hydrogen) atoms. The van der Waals surface area contributed by atoms with E-state index in [1.165, 1.54) is 19.4 Å². The van der Waals surface area contributed by atoms with Crippen molar-refractivity contribution in [2.45, 2.75) is 13.8 Å². The lowest BCUT2D eigenvalue weighted by Crippen LogP contribution is -2.13. The molecule has 0 aliphatic heterocycles. The smallest absolute Gasteiger partial charge is 0.354 e. The lowest BCUT2D eigenvalue weighted by Gasteiger charge is -2.08. The molecular weight excluding hydrogens is 306 g/mol. The van der Waals surface area contributed by atoms with Gasteiger partial charge in [-0.2, -0.15) is 0 Å². The normalized spacial score (nSPS) is 10.6. The number of ether oxygens (including phenoxy) is 1. The summed E-state index contributed by atoms with van der Waals surface area (Å²) in [4.78, 5) is 31.2. The van der Waals surface area contributed by atoms with Crippen LogP contribution >= 0.6 is 0 Å². The number of methoxy groups -OCH3 is 1. The molecule has 0 atom stereocenters. The predicted molar refractivity (Wildman–Crippen MR) is 91.3 cm³/mol. The SMILES string of the molecule is COC(=O)c1cc(NC(=O)c2cc3cc(C)ccc3nc2C)c[nH]1. The first-order valence-corrected chi connectivity index (χ1v) is 7.44. The number of carbonyl (C=O) groups is 2. The molecule has 0 saturated heterocycles. The van der Waals surface area contributed by atoms with Crippen molar-refractivity contribution in [3.8, 4) is 0 Å². The molecule has 2 heterocycles. The summed E-state index contributed by atoms with van der Waals surface area (Å²) in [6, 6.07) is 9.27. The van der Waals surface area contributed by atoms with Crippen molar-refractivity contribution >= 4 is 28.5 Å². The van der Waals surface area contributed by atoms with E-state index in [0.717, 1.165) is 16.5 Å². The standard InChI is InChI=1S/C18H17N3O3/c1-10-4-5-15-12(6-10)7-14(11(2)20-15)17(22)21-13-8-16(19-9-13)18(23)24-3/h4-9,19H,1-3H3,(H,21,22). The van der Waals surface area contributed by atoms with Crippen LogP contribution in [0.25, 0.3) is 10.9 Å². The molecule has 2 aromatic heterocycles. The summed E-state index contributed by atoms with van der Waals surface area (Å²) in [6.45, 7) is 3.79. The number of anilines is 1. The minimum Gasteiger partial charge on any atom is -0.464 e. The highest BCUT2D eigenvalue weighted by atomic mass is 16.5. The Balaban J connectivity index is 1.89. The third-order valence-electron chi connectivity index (χ3n) is 3.75. The van der Waals surface area contributed by atoms with Crippen LogP contribution < -0.4 is 5.32 Å². The number of nitrogens with one attached hydrogen (secondary N) is 2. The van der Waals surface area contributed by atoms with E-state index >= 15 is 0 Å². The average molecular weight is 323 g/mol. The number of pyridine rings is 1. The van der Waals surface area contributed by atoms with E-state index in [1.54, 1.807) is 6.92 Å². The molecule has 3 rings (SSSR count). The zero-order chi connectivity index (χ0) is 17.3. The number of amides is 1. The number of aryl methyl sites for hydroxylation is 2. The molecule has 0 spiro atoms. The Bertz CT molecular complexity index is 944. The van der Waals surface area contributed by atoms with Crippen LogP contribution in [0.15, 0.2) is 36.5 Å². The van der Waals surface area contributed by atoms with Crippen LogP contribution in [0.4, 0.5) is 5.69 Å². The van der Waals surface area contributed by atoms with Gasteiger partial charge in [0.05, 0.1) is 29.6 Å². The molecule has 0 aliphatic carbocycles. The number of carbonyl (C=O) groups excluding carboxylic acids is 2. The van der Waals surface area contributed by atoms with Crippen LogP contribution in [0.1, 0.15) is 32.1 Å². The summed E-state index contributed by atoms with van der Waals surface area (Å²) in [5.74, 6) is -0.770. The maximum absolute atomic E-state index is 12.5. The molecule has 2 N–H and O–H groups in total. The van der Waals surface area contributed by atoms with Crippen molar-refractivity contribution < 1.29 is 14.3 Å². The second-order valence-electron chi connectivity index (χ2n) is 5.57. The maximum atomic E-state index is 12.5. The topological polar surface area (TPSA) is 84.1 Å². The largest absolute Gasteiger partial charge is 0.464 e. The molecule has 1 aromatic carbocycles. The second-order valence-corrected chi connectivity index (χ2v) is 5.57. The third kappa shape index (κ3) is 2.99. The Labute approximate surface area is 138 Å². The fourth-order valence-electron chi connectivity index (χ4n) is 2.51. The average Bonchev–Trinajstić information content (AvgIpc) is 3.02. The summed E-state index contributed by atoms with van der Waals surface area (Å²) in [5, 5.41) is 3.67. The monoisotopic (exact) mass is 323 g/mol. The van der Waals surface area contributed by atoms with Crippen molar-refractivity contribution in [3.63, 3.8) is 0 Å². The van der Waals surface area contributed by atoms with Crippen molar-refractivity contribution in [3.05, 3.63) is 59.0 Å². The first kappa shape index (κ1) is 15.7. The van der Waals surface area contributed by atoms with Crippen LogP contribution in [0.5, 0.6) is 0 Å². The van der Waals surface area contributed by atoms with Gasteiger partial charge >= 0.3 is 5.97 Å². The lowest BCUT2D eigenvalue weighted by atomic mass is 10.1. The third-order valence-corrected chi connectivity index (χ3v) is 3.75. The molecule has 0 radical (unpaired) electrons. The van der Waals surface area contributed by atoms with Crippen molar-refractivity contribution in [2.24, 2.45) is 0 Å². The highest BCUT2D eigenvalue weighted by Gasteiger charge is 2.14. The van der Waals surface area contributed by atoms with E-state index < -0.39 is 5.97 Å². The van der Waals surface area contributed by atoms with E-state index in [4.69, 9.17) is 0 Å². The molecular formula is C18H17N3O3. The molecule has 122 valence electrons. The molecule has 0 bridgehead atoms. The van der Waals surface area contributed by atoms with E-state index in [1.807, 2.05) is 31.2 Å². The molecule has 0 aliphatic rings. The van der Waals surface area contributed by atoms with Gasteiger partial charge in [0.2, 0.25) is 0 Å². The zero-order valence-corrected chi connectivity index (χ0v) is 13.6. The molecule has 3 aromatic rings. The number of aromatic amines is 1. The van der Waals surface area contributed by atoms with Crippen LogP contribution in [0.3, 0.4) is 0 Å². The summed E-state index contributed by atoms with van der Waals surface area (Å²) in [5.41, 5.74) is 3.86. The Kier molecular flexibility index (Phi) is 4.04. The van der Waals surface area contributed by atoms with Gasteiger partial charge in [0.25, 0.3) is 5.91 Å². The molecule has 1 amide bonds. The maximum Gasteiger partial charge on any atom is 0.354 e. The number of rotatable bonds is 3. The minimum atomic E-state index is -0.491. The number of H-pyrrole nitrogens is 1. The molecule has 0 unspecified atom stereocenters.